The Hall–Kier alpha value is -3.49. The van der Waals surface area contributed by atoms with Crippen LogP contribution in [0.1, 0.15) is 34.9 Å². The molecular weight excluding hydrogens is 368 g/mol. The first-order valence-electron chi connectivity index (χ1n) is 9.73. The van der Waals surface area contributed by atoms with Crippen LogP contribution in [0, 0.1) is 0 Å². The highest BCUT2D eigenvalue weighted by molar-refractivity contribution is 6.05. The number of H-pyrrole nitrogens is 1. The molecule has 1 amide bonds. The van der Waals surface area contributed by atoms with E-state index in [9.17, 15) is 4.79 Å². The number of carbonyl (C=O) groups excluding carboxylic acids is 1. The summed E-state index contributed by atoms with van der Waals surface area (Å²) in [7, 11) is 3.92. The average molecular weight is 390 g/mol. The third-order valence-electron chi connectivity index (χ3n) is 5.56. The van der Waals surface area contributed by atoms with Crippen LogP contribution >= 0.6 is 0 Å². The van der Waals surface area contributed by atoms with Gasteiger partial charge in [0, 0.05) is 50.9 Å². The Labute approximate surface area is 167 Å². The Bertz CT molecular complexity index is 1190. The first-order valence-corrected chi connectivity index (χ1v) is 9.73. The molecule has 5 rings (SSSR count). The molecule has 29 heavy (non-hydrogen) atoms. The van der Waals surface area contributed by atoms with Crippen LogP contribution in [0.15, 0.2) is 36.7 Å². The number of nitrogens with zero attached hydrogens (tertiary/aromatic N) is 7. The minimum atomic E-state index is 0.0434. The lowest BCUT2D eigenvalue weighted by Gasteiger charge is -2.31. The average Bonchev–Trinajstić information content (AvgIpc) is 3.37. The molecule has 1 saturated heterocycles. The minimum Gasteiger partial charge on any atom is -0.361 e. The standard InChI is InChI=1S/C20H22N8O/c1-26(2)17-6-5-16-23-24-19(28(16)25-17)13-7-10-27(11-8-13)20(29)15-12-22-18-14(15)4-3-9-21-18/h3-6,9,12-13H,7-8,10-11H2,1-2H3,(H,21,22). The quantitative estimate of drug-likeness (QED) is 0.576. The van der Waals surface area contributed by atoms with Gasteiger partial charge in [-0.1, -0.05) is 0 Å². The highest BCUT2D eigenvalue weighted by atomic mass is 16.2. The van der Waals surface area contributed by atoms with Crippen LogP contribution in [0.25, 0.3) is 16.7 Å². The molecule has 0 saturated carbocycles. The third-order valence-corrected chi connectivity index (χ3v) is 5.56. The molecule has 1 aliphatic rings. The second-order valence-electron chi connectivity index (χ2n) is 7.58. The molecule has 0 atom stereocenters. The van der Waals surface area contributed by atoms with Gasteiger partial charge in [-0.05, 0) is 37.1 Å². The van der Waals surface area contributed by atoms with E-state index in [0.717, 1.165) is 41.2 Å². The van der Waals surface area contributed by atoms with Crippen LogP contribution < -0.4 is 4.90 Å². The molecule has 0 unspecified atom stereocenters. The van der Waals surface area contributed by atoms with Crippen LogP contribution in [0.2, 0.25) is 0 Å². The van der Waals surface area contributed by atoms with Crippen molar-refractivity contribution in [3.63, 3.8) is 0 Å². The number of hydrogen-bond acceptors (Lipinski definition) is 6. The molecule has 1 fully saturated rings. The maximum Gasteiger partial charge on any atom is 0.256 e. The molecule has 4 aromatic rings. The molecule has 148 valence electrons. The summed E-state index contributed by atoms with van der Waals surface area (Å²) in [5.41, 5.74) is 2.16. The molecule has 1 aliphatic heterocycles. The van der Waals surface area contributed by atoms with Gasteiger partial charge in [0.1, 0.15) is 11.5 Å². The number of fused-ring (bicyclic) bond motifs is 2. The number of piperidine rings is 1. The fourth-order valence-corrected chi connectivity index (χ4v) is 3.93. The van der Waals surface area contributed by atoms with Gasteiger partial charge >= 0.3 is 0 Å². The Balaban J connectivity index is 1.35. The van der Waals surface area contributed by atoms with Crippen molar-refractivity contribution in [1.82, 2.24) is 34.7 Å². The molecule has 9 heteroatoms. The monoisotopic (exact) mass is 390 g/mol. The summed E-state index contributed by atoms with van der Waals surface area (Å²) in [5, 5.41) is 14.2. The summed E-state index contributed by atoms with van der Waals surface area (Å²) in [4.78, 5) is 24.2. The number of pyridine rings is 1. The number of likely N-dealkylation sites (tertiary alicyclic amines) is 1. The predicted molar refractivity (Wildman–Crippen MR) is 109 cm³/mol. The third kappa shape index (κ3) is 2.98. The summed E-state index contributed by atoms with van der Waals surface area (Å²) < 4.78 is 1.84. The second kappa shape index (κ2) is 6.84. The van der Waals surface area contributed by atoms with Gasteiger partial charge in [-0.2, -0.15) is 4.52 Å². The van der Waals surface area contributed by atoms with Crippen LogP contribution in [0.4, 0.5) is 5.82 Å². The number of nitrogens with one attached hydrogen (secondary N) is 1. The number of hydrogen-bond donors (Lipinski definition) is 1. The normalized spacial score (nSPS) is 15.3. The smallest absolute Gasteiger partial charge is 0.256 e. The van der Waals surface area contributed by atoms with Crippen molar-refractivity contribution in [1.29, 1.82) is 0 Å². The van der Waals surface area contributed by atoms with E-state index in [1.165, 1.54) is 0 Å². The SMILES string of the molecule is CN(C)c1ccc2nnc(C3CCN(C(=O)c4c[nH]c5ncccc45)CC3)n2n1. The van der Waals surface area contributed by atoms with Gasteiger partial charge in [-0.25, -0.2) is 4.98 Å². The zero-order chi connectivity index (χ0) is 20.0. The van der Waals surface area contributed by atoms with Crippen molar-refractivity contribution in [2.45, 2.75) is 18.8 Å². The molecule has 0 aromatic carbocycles. The van der Waals surface area contributed by atoms with E-state index in [-0.39, 0.29) is 11.8 Å². The Morgan fingerprint density at radius 3 is 2.79 bits per heavy atom. The summed E-state index contributed by atoms with van der Waals surface area (Å²) in [6.07, 6.45) is 5.14. The number of amides is 1. The fourth-order valence-electron chi connectivity index (χ4n) is 3.93. The number of carbonyl (C=O) groups is 1. The summed E-state index contributed by atoms with van der Waals surface area (Å²) in [6.45, 7) is 1.36. The van der Waals surface area contributed by atoms with Gasteiger partial charge in [0.15, 0.2) is 11.5 Å². The van der Waals surface area contributed by atoms with Crippen molar-refractivity contribution < 1.29 is 4.79 Å². The first-order chi connectivity index (χ1) is 14.1. The van der Waals surface area contributed by atoms with Crippen molar-refractivity contribution in [2.75, 3.05) is 32.1 Å². The van der Waals surface area contributed by atoms with Gasteiger partial charge in [0.2, 0.25) is 0 Å². The van der Waals surface area contributed by atoms with Crippen LogP contribution in [-0.2, 0) is 0 Å². The lowest BCUT2D eigenvalue weighted by molar-refractivity contribution is 0.0712. The molecule has 5 heterocycles. The van der Waals surface area contributed by atoms with E-state index < -0.39 is 0 Å². The van der Waals surface area contributed by atoms with Gasteiger partial charge < -0.3 is 14.8 Å². The largest absolute Gasteiger partial charge is 0.361 e. The molecule has 9 nitrogen and oxygen atoms in total. The summed E-state index contributed by atoms with van der Waals surface area (Å²) >= 11 is 0. The van der Waals surface area contributed by atoms with Crippen molar-refractivity contribution in [3.8, 4) is 0 Å². The molecule has 0 radical (unpaired) electrons. The zero-order valence-corrected chi connectivity index (χ0v) is 16.4. The van der Waals surface area contributed by atoms with E-state index in [2.05, 4.69) is 25.3 Å². The van der Waals surface area contributed by atoms with E-state index in [1.54, 1.807) is 12.4 Å². The van der Waals surface area contributed by atoms with Crippen molar-refractivity contribution in [2.24, 2.45) is 0 Å². The number of aromatic amines is 1. The summed E-state index contributed by atoms with van der Waals surface area (Å²) in [5.74, 6) is 2.00. The van der Waals surface area contributed by atoms with E-state index in [0.29, 0.717) is 18.7 Å². The predicted octanol–water partition coefficient (Wildman–Crippen LogP) is 2.09. The van der Waals surface area contributed by atoms with Crippen molar-refractivity contribution in [3.05, 3.63) is 48.0 Å². The number of rotatable bonds is 3. The fraction of sp³-hybridized carbons (Fsp3) is 0.350. The molecule has 0 bridgehead atoms. The van der Waals surface area contributed by atoms with E-state index >= 15 is 0 Å². The Morgan fingerprint density at radius 2 is 2.00 bits per heavy atom. The minimum absolute atomic E-state index is 0.0434. The molecule has 1 N–H and O–H groups in total. The van der Waals surface area contributed by atoms with Gasteiger partial charge in [0.25, 0.3) is 5.91 Å². The van der Waals surface area contributed by atoms with Gasteiger partial charge in [-0.3, -0.25) is 4.79 Å². The number of anilines is 1. The van der Waals surface area contributed by atoms with Crippen LogP contribution in [0.3, 0.4) is 0 Å². The van der Waals surface area contributed by atoms with Crippen molar-refractivity contribution >= 4 is 28.4 Å². The van der Waals surface area contributed by atoms with Crippen LogP contribution in [0.5, 0.6) is 0 Å². The van der Waals surface area contributed by atoms with Gasteiger partial charge in [0.05, 0.1) is 5.56 Å². The van der Waals surface area contributed by atoms with E-state index in [1.807, 2.05) is 52.7 Å². The lowest BCUT2D eigenvalue weighted by atomic mass is 9.95. The summed E-state index contributed by atoms with van der Waals surface area (Å²) in [6, 6.07) is 7.65. The van der Waals surface area contributed by atoms with Gasteiger partial charge in [-0.15, -0.1) is 15.3 Å². The van der Waals surface area contributed by atoms with Crippen LogP contribution in [-0.4, -0.2) is 67.8 Å². The first kappa shape index (κ1) is 17.6. The maximum atomic E-state index is 13.0. The Morgan fingerprint density at radius 1 is 1.17 bits per heavy atom. The molecule has 4 aromatic heterocycles. The Kier molecular flexibility index (Phi) is 4.15. The topological polar surface area (TPSA) is 95.3 Å². The lowest BCUT2D eigenvalue weighted by Crippen LogP contribution is -2.38. The maximum absolute atomic E-state index is 13.0. The molecule has 0 aliphatic carbocycles. The molecule has 0 spiro atoms. The number of aromatic nitrogens is 6. The molecular formula is C20H22N8O. The zero-order valence-electron chi connectivity index (χ0n) is 16.4. The van der Waals surface area contributed by atoms with E-state index in [4.69, 9.17) is 0 Å². The second-order valence-corrected chi connectivity index (χ2v) is 7.58. The highest BCUT2D eigenvalue weighted by Crippen LogP contribution is 2.29. The highest BCUT2D eigenvalue weighted by Gasteiger charge is 2.29.